The van der Waals surface area contributed by atoms with Crippen LogP contribution in [-0.2, 0) is 13.1 Å². The molecule has 0 aliphatic carbocycles. The molecule has 2 fully saturated rings. The van der Waals surface area contributed by atoms with Gasteiger partial charge in [0.15, 0.2) is 0 Å². The molecule has 0 spiro atoms. The van der Waals surface area contributed by atoms with E-state index in [1.165, 1.54) is 64.0 Å². The smallest absolute Gasteiger partial charge is 0.122 e. The van der Waals surface area contributed by atoms with Gasteiger partial charge in [0.05, 0.1) is 12.8 Å². The van der Waals surface area contributed by atoms with Crippen LogP contribution in [0.15, 0.2) is 16.7 Å². The quantitative estimate of drug-likeness (QED) is 0.871. The van der Waals surface area contributed by atoms with Crippen molar-refractivity contribution in [1.82, 2.24) is 15.1 Å². The molecular formula is C17H29N3O. The van der Waals surface area contributed by atoms with E-state index in [1.54, 1.807) is 0 Å². The first kappa shape index (κ1) is 15.1. The van der Waals surface area contributed by atoms with Crippen LogP contribution >= 0.6 is 0 Å². The zero-order valence-electron chi connectivity index (χ0n) is 13.3. The molecule has 0 unspecified atom stereocenters. The molecular weight excluding hydrogens is 262 g/mol. The van der Waals surface area contributed by atoms with Gasteiger partial charge < -0.3 is 14.6 Å². The summed E-state index contributed by atoms with van der Waals surface area (Å²) in [5.41, 5.74) is 1.35. The average Bonchev–Trinajstić information content (AvgIpc) is 3.14. The highest BCUT2D eigenvalue weighted by molar-refractivity contribution is 5.16. The van der Waals surface area contributed by atoms with Gasteiger partial charge >= 0.3 is 0 Å². The highest BCUT2D eigenvalue weighted by Crippen LogP contribution is 2.23. The van der Waals surface area contributed by atoms with E-state index in [-0.39, 0.29) is 0 Å². The zero-order valence-corrected chi connectivity index (χ0v) is 13.3. The molecule has 21 heavy (non-hydrogen) atoms. The second kappa shape index (κ2) is 7.43. The van der Waals surface area contributed by atoms with Crippen molar-refractivity contribution in [2.45, 2.75) is 38.8 Å². The Labute approximate surface area is 128 Å². The van der Waals surface area contributed by atoms with Gasteiger partial charge in [0.1, 0.15) is 5.76 Å². The molecule has 4 heteroatoms. The minimum Gasteiger partial charge on any atom is -0.468 e. The number of piperidine rings is 1. The summed E-state index contributed by atoms with van der Waals surface area (Å²) in [6, 6.07) is 2.13. The summed E-state index contributed by atoms with van der Waals surface area (Å²) in [7, 11) is 1.97. The van der Waals surface area contributed by atoms with Crippen molar-refractivity contribution in [2.24, 2.45) is 5.92 Å². The molecule has 1 aromatic heterocycles. The van der Waals surface area contributed by atoms with E-state index in [0.29, 0.717) is 0 Å². The van der Waals surface area contributed by atoms with E-state index in [1.807, 2.05) is 13.3 Å². The number of rotatable bonds is 6. The summed E-state index contributed by atoms with van der Waals surface area (Å²) < 4.78 is 5.56. The van der Waals surface area contributed by atoms with E-state index < -0.39 is 0 Å². The predicted octanol–water partition coefficient (Wildman–Crippen LogP) is 2.31. The van der Waals surface area contributed by atoms with Gasteiger partial charge in [-0.3, -0.25) is 4.90 Å². The number of nitrogens with zero attached hydrogens (tertiary/aromatic N) is 2. The van der Waals surface area contributed by atoms with Crippen molar-refractivity contribution in [2.75, 3.05) is 39.8 Å². The van der Waals surface area contributed by atoms with E-state index >= 15 is 0 Å². The molecule has 0 bridgehead atoms. The Morgan fingerprint density at radius 1 is 1.14 bits per heavy atom. The Bertz CT molecular complexity index is 417. The number of nitrogens with one attached hydrogen (secondary N) is 1. The van der Waals surface area contributed by atoms with E-state index in [4.69, 9.17) is 4.42 Å². The maximum absolute atomic E-state index is 5.56. The van der Waals surface area contributed by atoms with E-state index in [0.717, 1.165) is 24.8 Å². The van der Waals surface area contributed by atoms with E-state index in [2.05, 4.69) is 21.2 Å². The Morgan fingerprint density at radius 2 is 1.90 bits per heavy atom. The summed E-state index contributed by atoms with van der Waals surface area (Å²) in [4.78, 5) is 5.26. The molecule has 0 amide bonds. The molecule has 2 aliphatic rings. The van der Waals surface area contributed by atoms with Crippen LogP contribution in [0.1, 0.15) is 37.0 Å². The number of likely N-dealkylation sites (tertiary alicyclic amines) is 2. The molecule has 2 saturated heterocycles. The second-order valence-corrected chi connectivity index (χ2v) is 6.63. The van der Waals surface area contributed by atoms with Gasteiger partial charge in [0, 0.05) is 18.7 Å². The molecule has 0 aromatic carbocycles. The standard InChI is InChI=1S/C17H29N3O/c1-18-12-17-16(6-11-21-17)14-20-9-4-15(5-10-20)13-19-7-2-3-8-19/h6,11,15,18H,2-5,7-10,12-14H2,1H3. The Morgan fingerprint density at radius 3 is 2.62 bits per heavy atom. The SMILES string of the molecule is CNCc1occc1CN1CCC(CN2CCCC2)CC1. The third kappa shape index (κ3) is 4.09. The zero-order chi connectivity index (χ0) is 14.5. The van der Waals surface area contributed by atoms with Crippen molar-refractivity contribution >= 4 is 0 Å². The van der Waals surface area contributed by atoms with Crippen LogP contribution in [0.2, 0.25) is 0 Å². The lowest BCUT2D eigenvalue weighted by molar-refractivity contribution is 0.148. The first-order valence-electron chi connectivity index (χ1n) is 8.49. The van der Waals surface area contributed by atoms with Crippen LogP contribution in [0.5, 0.6) is 0 Å². The molecule has 118 valence electrons. The van der Waals surface area contributed by atoms with Crippen LogP contribution in [0, 0.1) is 5.92 Å². The molecule has 2 aliphatic heterocycles. The van der Waals surface area contributed by atoms with Crippen molar-refractivity contribution in [3.8, 4) is 0 Å². The van der Waals surface area contributed by atoms with Crippen LogP contribution < -0.4 is 5.32 Å². The topological polar surface area (TPSA) is 31.7 Å². The molecule has 3 heterocycles. The van der Waals surface area contributed by atoms with Crippen molar-refractivity contribution in [3.05, 3.63) is 23.7 Å². The largest absolute Gasteiger partial charge is 0.468 e. The molecule has 1 aromatic rings. The Balaban J connectivity index is 1.43. The van der Waals surface area contributed by atoms with Crippen LogP contribution in [0.3, 0.4) is 0 Å². The van der Waals surface area contributed by atoms with Crippen LogP contribution in [-0.4, -0.2) is 49.6 Å². The van der Waals surface area contributed by atoms with Gasteiger partial charge in [0.25, 0.3) is 0 Å². The lowest BCUT2D eigenvalue weighted by Gasteiger charge is -2.33. The van der Waals surface area contributed by atoms with Gasteiger partial charge in [-0.25, -0.2) is 0 Å². The fourth-order valence-electron chi connectivity index (χ4n) is 3.72. The van der Waals surface area contributed by atoms with Gasteiger partial charge in [-0.05, 0) is 70.9 Å². The maximum Gasteiger partial charge on any atom is 0.122 e. The molecule has 4 nitrogen and oxygen atoms in total. The Kier molecular flexibility index (Phi) is 5.33. The summed E-state index contributed by atoms with van der Waals surface area (Å²) in [5, 5.41) is 3.18. The number of hydrogen-bond acceptors (Lipinski definition) is 4. The highest BCUT2D eigenvalue weighted by atomic mass is 16.3. The summed E-state index contributed by atoms with van der Waals surface area (Å²) >= 11 is 0. The van der Waals surface area contributed by atoms with Gasteiger partial charge in [-0.1, -0.05) is 0 Å². The fourth-order valence-corrected chi connectivity index (χ4v) is 3.72. The summed E-state index contributed by atoms with van der Waals surface area (Å²) in [6.07, 6.45) is 7.36. The highest BCUT2D eigenvalue weighted by Gasteiger charge is 2.23. The lowest BCUT2D eigenvalue weighted by atomic mass is 9.96. The fraction of sp³-hybridized carbons (Fsp3) is 0.765. The minimum atomic E-state index is 0.827. The predicted molar refractivity (Wildman–Crippen MR) is 85.1 cm³/mol. The Hall–Kier alpha value is -0.840. The van der Waals surface area contributed by atoms with Crippen LogP contribution in [0.4, 0.5) is 0 Å². The van der Waals surface area contributed by atoms with Gasteiger partial charge in [0.2, 0.25) is 0 Å². The third-order valence-corrected chi connectivity index (χ3v) is 4.99. The van der Waals surface area contributed by atoms with Crippen LogP contribution in [0.25, 0.3) is 0 Å². The third-order valence-electron chi connectivity index (χ3n) is 4.99. The van der Waals surface area contributed by atoms with Crippen molar-refractivity contribution in [3.63, 3.8) is 0 Å². The summed E-state index contributed by atoms with van der Waals surface area (Å²) in [5.74, 6) is 2.01. The maximum atomic E-state index is 5.56. The second-order valence-electron chi connectivity index (χ2n) is 6.63. The van der Waals surface area contributed by atoms with Gasteiger partial charge in [-0.2, -0.15) is 0 Å². The molecule has 0 saturated carbocycles. The van der Waals surface area contributed by atoms with Crippen molar-refractivity contribution in [1.29, 1.82) is 0 Å². The molecule has 1 N–H and O–H groups in total. The normalized spacial score (nSPS) is 22.1. The minimum absolute atomic E-state index is 0.827. The molecule has 0 radical (unpaired) electrons. The molecule has 3 rings (SSSR count). The first-order chi connectivity index (χ1) is 10.3. The summed E-state index contributed by atoms with van der Waals surface area (Å²) in [6.45, 7) is 8.36. The van der Waals surface area contributed by atoms with Gasteiger partial charge in [-0.15, -0.1) is 0 Å². The van der Waals surface area contributed by atoms with E-state index in [9.17, 15) is 0 Å². The first-order valence-corrected chi connectivity index (χ1v) is 8.49. The molecule has 0 atom stereocenters. The van der Waals surface area contributed by atoms with Crippen molar-refractivity contribution < 1.29 is 4.42 Å². The lowest BCUT2D eigenvalue weighted by Crippen LogP contribution is -2.37. The monoisotopic (exact) mass is 291 g/mol. The average molecular weight is 291 g/mol. The number of hydrogen-bond donors (Lipinski definition) is 1. The number of furan rings is 1.